The SMILES string of the molecule is CCC(C)(C)C(O)CCCC(C)C. The molecular weight excluding hydrogens is 160 g/mol. The van der Waals surface area contributed by atoms with Crippen molar-refractivity contribution in [2.45, 2.75) is 66.4 Å². The highest BCUT2D eigenvalue weighted by atomic mass is 16.3. The summed E-state index contributed by atoms with van der Waals surface area (Å²) >= 11 is 0. The van der Waals surface area contributed by atoms with Gasteiger partial charge in [0.05, 0.1) is 6.10 Å². The summed E-state index contributed by atoms with van der Waals surface area (Å²) in [4.78, 5) is 0. The minimum atomic E-state index is -0.128. The molecular formula is C12H26O. The van der Waals surface area contributed by atoms with Crippen LogP contribution in [0.25, 0.3) is 0 Å². The lowest BCUT2D eigenvalue weighted by atomic mass is 9.81. The normalized spacial score (nSPS) is 15.0. The lowest BCUT2D eigenvalue weighted by Crippen LogP contribution is -2.28. The highest BCUT2D eigenvalue weighted by molar-refractivity contribution is 4.76. The van der Waals surface area contributed by atoms with Gasteiger partial charge in [-0.25, -0.2) is 0 Å². The Morgan fingerprint density at radius 1 is 1.15 bits per heavy atom. The minimum Gasteiger partial charge on any atom is -0.393 e. The zero-order chi connectivity index (χ0) is 10.5. The molecule has 0 fully saturated rings. The molecule has 0 aromatic heterocycles. The standard InChI is InChI=1S/C12H26O/c1-6-12(4,5)11(13)9-7-8-10(2)3/h10-11,13H,6-9H2,1-5H3. The fourth-order valence-corrected chi connectivity index (χ4v) is 1.35. The number of aliphatic hydroxyl groups excluding tert-OH is 1. The van der Waals surface area contributed by atoms with Gasteiger partial charge in [0, 0.05) is 0 Å². The first kappa shape index (κ1) is 13.0. The maximum atomic E-state index is 9.89. The Bertz CT molecular complexity index is 127. The van der Waals surface area contributed by atoms with Gasteiger partial charge in [-0.15, -0.1) is 0 Å². The van der Waals surface area contributed by atoms with Crippen LogP contribution in [-0.4, -0.2) is 11.2 Å². The predicted molar refractivity (Wildman–Crippen MR) is 58.8 cm³/mol. The van der Waals surface area contributed by atoms with Gasteiger partial charge in [-0.1, -0.05) is 47.5 Å². The summed E-state index contributed by atoms with van der Waals surface area (Å²) in [5.74, 6) is 0.761. The van der Waals surface area contributed by atoms with Gasteiger partial charge in [0.15, 0.2) is 0 Å². The lowest BCUT2D eigenvalue weighted by molar-refractivity contribution is 0.0379. The Morgan fingerprint density at radius 3 is 2.08 bits per heavy atom. The molecule has 0 aliphatic rings. The van der Waals surface area contributed by atoms with E-state index in [4.69, 9.17) is 0 Å². The van der Waals surface area contributed by atoms with Gasteiger partial charge in [0.25, 0.3) is 0 Å². The van der Waals surface area contributed by atoms with E-state index >= 15 is 0 Å². The molecule has 0 spiro atoms. The van der Waals surface area contributed by atoms with Crippen molar-refractivity contribution in [2.24, 2.45) is 11.3 Å². The van der Waals surface area contributed by atoms with E-state index in [9.17, 15) is 5.11 Å². The van der Waals surface area contributed by atoms with E-state index in [1.807, 2.05) is 0 Å². The Kier molecular flexibility index (Phi) is 5.62. The van der Waals surface area contributed by atoms with Crippen molar-refractivity contribution < 1.29 is 5.11 Å². The summed E-state index contributed by atoms with van der Waals surface area (Å²) in [6, 6.07) is 0. The predicted octanol–water partition coefficient (Wildman–Crippen LogP) is 3.61. The van der Waals surface area contributed by atoms with Crippen LogP contribution in [0, 0.1) is 11.3 Å². The monoisotopic (exact) mass is 186 g/mol. The molecule has 0 bridgehead atoms. The van der Waals surface area contributed by atoms with Crippen molar-refractivity contribution in [1.82, 2.24) is 0 Å². The number of aliphatic hydroxyl groups is 1. The average Bonchev–Trinajstić information content (AvgIpc) is 2.03. The van der Waals surface area contributed by atoms with Crippen LogP contribution in [0.15, 0.2) is 0 Å². The smallest absolute Gasteiger partial charge is 0.0591 e. The van der Waals surface area contributed by atoms with Crippen molar-refractivity contribution >= 4 is 0 Å². The molecule has 0 aliphatic heterocycles. The van der Waals surface area contributed by atoms with E-state index in [1.54, 1.807) is 0 Å². The molecule has 13 heavy (non-hydrogen) atoms. The van der Waals surface area contributed by atoms with Crippen LogP contribution >= 0.6 is 0 Å². The molecule has 0 aromatic carbocycles. The fraction of sp³-hybridized carbons (Fsp3) is 1.00. The van der Waals surface area contributed by atoms with Crippen molar-refractivity contribution in [3.63, 3.8) is 0 Å². The van der Waals surface area contributed by atoms with Crippen molar-refractivity contribution in [1.29, 1.82) is 0 Å². The highest BCUT2D eigenvalue weighted by Gasteiger charge is 2.24. The topological polar surface area (TPSA) is 20.2 Å². The van der Waals surface area contributed by atoms with Crippen LogP contribution < -0.4 is 0 Å². The third-order valence-electron chi connectivity index (χ3n) is 3.07. The van der Waals surface area contributed by atoms with E-state index in [1.165, 1.54) is 6.42 Å². The fourth-order valence-electron chi connectivity index (χ4n) is 1.35. The van der Waals surface area contributed by atoms with E-state index in [-0.39, 0.29) is 11.5 Å². The first-order valence-corrected chi connectivity index (χ1v) is 5.58. The first-order valence-electron chi connectivity index (χ1n) is 5.58. The zero-order valence-electron chi connectivity index (χ0n) is 9.93. The van der Waals surface area contributed by atoms with Gasteiger partial charge >= 0.3 is 0 Å². The second-order valence-corrected chi connectivity index (χ2v) is 5.18. The van der Waals surface area contributed by atoms with E-state index in [2.05, 4.69) is 34.6 Å². The average molecular weight is 186 g/mol. The van der Waals surface area contributed by atoms with Gasteiger partial charge in [0.1, 0.15) is 0 Å². The van der Waals surface area contributed by atoms with E-state index < -0.39 is 0 Å². The Labute approximate surface area is 83.5 Å². The third-order valence-corrected chi connectivity index (χ3v) is 3.07. The summed E-state index contributed by atoms with van der Waals surface area (Å²) in [5, 5.41) is 9.89. The summed E-state index contributed by atoms with van der Waals surface area (Å²) < 4.78 is 0. The summed E-state index contributed by atoms with van der Waals surface area (Å²) in [5.41, 5.74) is 0.0942. The van der Waals surface area contributed by atoms with Crippen molar-refractivity contribution in [3.8, 4) is 0 Å². The molecule has 0 saturated heterocycles. The maximum Gasteiger partial charge on any atom is 0.0591 e. The Morgan fingerprint density at radius 2 is 1.69 bits per heavy atom. The maximum absolute atomic E-state index is 9.89. The molecule has 0 heterocycles. The Hall–Kier alpha value is -0.0400. The largest absolute Gasteiger partial charge is 0.393 e. The molecule has 0 saturated carbocycles. The Balaban J connectivity index is 3.68. The van der Waals surface area contributed by atoms with Crippen LogP contribution in [0.4, 0.5) is 0 Å². The van der Waals surface area contributed by atoms with Crippen LogP contribution in [0.5, 0.6) is 0 Å². The molecule has 1 nitrogen and oxygen atoms in total. The first-order chi connectivity index (χ1) is 5.90. The molecule has 1 heteroatoms. The zero-order valence-corrected chi connectivity index (χ0v) is 9.93. The van der Waals surface area contributed by atoms with Gasteiger partial charge in [0.2, 0.25) is 0 Å². The molecule has 0 radical (unpaired) electrons. The second kappa shape index (κ2) is 5.64. The summed E-state index contributed by atoms with van der Waals surface area (Å²) in [6.45, 7) is 10.9. The minimum absolute atomic E-state index is 0.0942. The van der Waals surface area contributed by atoms with Gasteiger partial charge < -0.3 is 5.11 Å². The molecule has 0 amide bonds. The summed E-state index contributed by atoms with van der Waals surface area (Å²) in [6.07, 6.45) is 4.27. The van der Waals surface area contributed by atoms with Crippen molar-refractivity contribution in [2.75, 3.05) is 0 Å². The third kappa shape index (κ3) is 5.30. The molecule has 0 rings (SSSR count). The molecule has 0 aliphatic carbocycles. The van der Waals surface area contributed by atoms with Crippen LogP contribution in [0.2, 0.25) is 0 Å². The van der Waals surface area contributed by atoms with Crippen molar-refractivity contribution in [3.05, 3.63) is 0 Å². The quantitative estimate of drug-likeness (QED) is 0.672. The highest BCUT2D eigenvalue weighted by Crippen LogP contribution is 2.28. The number of hydrogen-bond acceptors (Lipinski definition) is 1. The summed E-state index contributed by atoms with van der Waals surface area (Å²) in [7, 11) is 0. The van der Waals surface area contributed by atoms with Gasteiger partial charge in [-0.2, -0.15) is 0 Å². The van der Waals surface area contributed by atoms with Gasteiger partial charge in [-0.05, 0) is 24.2 Å². The molecule has 1 N–H and O–H groups in total. The molecule has 1 atom stereocenters. The van der Waals surface area contributed by atoms with E-state index in [0.717, 1.165) is 25.2 Å². The number of rotatable bonds is 6. The second-order valence-electron chi connectivity index (χ2n) is 5.18. The lowest BCUT2D eigenvalue weighted by Gasteiger charge is -2.29. The molecule has 0 aromatic rings. The van der Waals surface area contributed by atoms with Crippen LogP contribution in [-0.2, 0) is 0 Å². The molecule has 80 valence electrons. The van der Waals surface area contributed by atoms with Gasteiger partial charge in [-0.3, -0.25) is 0 Å². The molecule has 1 unspecified atom stereocenters. The number of hydrogen-bond donors (Lipinski definition) is 1. The van der Waals surface area contributed by atoms with Crippen LogP contribution in [0.1, 0.15) is 60.3 Å². The van der Waals surface area contributed by atoms with E-state index in [0.29, 0.717) is 0 Å². The van der Waals surface area contributed by atoms with Crippen LogP contribution in [0.3, 0.4) is 0 Å².